The lowest BCUT2D eigenvalue weighted by Crippen LogP contribution is -2.56. The molecule has 0 aromatic heterocycles. The van der Waals surface area contributed by atoms with Gasteiger partial charge in [0, 0.05) is 45.9 Å². The van der Waals surface area contributed by atoms with E-state index in [2.05, 4.69) is 4.90 Å². The number of ether oxygens (including phenoxy) is 2. The lowest BCUT2D eigenvalue weighted by atomic mass is 9.72. The summed E-state index contributed by atoms with van der Waals surface area (Å²) in [5, 5.41) is 0.564. The first-order valence-electron chi connectivity index (χ1n) is 11.4. The minimum atomic E-state index is -4.46. The monoisotopic (exact) mass is 496 g/mol. The number of hydrogen-bond acceptors (Lipinski definition) is 4. The number of piperazine rings is 1. The first-order chi connectivity index (χ1) is 16.3. The zero-order valence-electron chi connectivity index (χ0n) is 18.8. The number of alkyl halides is 3. The molecule has 184 valence electrons. The van der Waals surface area contributed by atoms with Gasteiger partial charge < -0.3 is 14.4 Å². The maximum Gasteiger partial charge on any atom is 0.416 e. The van der Waals surface area contributed by atoms with Crippen molar-refractivity contribution in [1.29, 1.82) is 0 Å². The highest BCUT2D eigenvalue weighted by molar-refractivity contribution is 6.32. The van der Waals surface area contributed by atoms with E-state index in [1.54, 1.807) is 17.0 Å². The van der Waals surface area contributed by atoms with Crippen LogP contribution in [0.4, 0.5) is 13.2 Å². The smallest absolute Gasteiger partial charge is 0.416 e. The molecule has 4 rings (SSSR count). The average molecular weight is 497 g/mol. The number of rotatable bonds is 6. The molecule has 9 heteroatoms. The number of nitrogens with zero attached hydrogens (tertiary/aromatic N) is 2. The summed E-state index contributed by atoms with van der Waals surface area (Å²) in [7, 11) is 0. The maximum absolute atomic E-state index is 13.7. The minimum absolute atomic E-state index is 0.109. The molecule has 2 aliphatic heterocycles. The molecule has 0 spiro atoms. The summed E-state index contributed by atoms with van der Waals surface area (Å²) >= 11 is 6.12. The fourth-order valence-corrected chi connectivity index (χ4v) is 4.85. The summed E-state index contributed by atoms with van der Waals surface area (Å²) in [6.07, 6.45) is -3.71. The quantitative estimate of drug-likeness (QED) is 0.585. The van der Waals surface area contributed by atoms with E-state index in [1.165, 1.54) is 6.07 Å². The number of para-hydroxylation sites is 1. The third-order valence-corrected chi connectivity index (χ3v) is 6.97. The SMILES string of the molecule is O=C(N1CCN(CCOc2ccccc2Cl)CC1)C1(c2cccc(C(F)(F)F)c2)CCOCC1. The highest BCUT2D eigenvalue weighted by Gasteiger charge is 2.45. The van der Waals surface area contributed by atoms with E-state index in [-0.39, 0.29) is 5.91 Å². The van der Waals surface area contributed by atoms with Gasteiger partial charge in [-0.3, -0.25) is 9.69 Å². The van der Waals surface area contributed by atoms with Gasteiger partial charge in [-0.05, 0) is 36.6 Å². The van der Waals surface area contributed by atoms with E-state index in [9.17, 15) is 18.0 Å². The molecule has 5 nitrogen and oxygen atoms in total. The predicted molar refractivity (Wildman–Crippen MR) is 123 cm³/mol. The standard InChI is InChI=1S/C25H28ClF3N2O3/c26-21-6-1-2-7-22(21)34-17-14-30-10-12-31(13-11-30)23(32)24(8-15-33-16-9-24)19-4-3-5-20(18-19)25(27,28)29/h1-7,18H,8-17H2. The molecule has 0 radical (unpaired) electrons. The predicted octanol–water partition coefficient (Wildman–Crippen LogP) is 4.63. The van der Waals surface area contributed by atoms with Crippen molar-refractivity contribution in [2.75, 3.05) is 52.5 Å². The lowest BCUT2D eigenvalue weighted by Gasteiger charge is -2.43. The van der Waals surface area contributed by atoms with Crippen LogP contribution in [-0.4, -0.2) is 68.3 Å². The van der Waals surface area contributed by atoms with Crippen molar-refractivity contribution in [1.82, 2.24) is 9.80 Å². The van der Waals surface area contributed by atoms with Crippen LogP contribution in [0.3, 0.4) is 0 Å². The van der Waals surface area contributed by atoms with E-state index in [1.807, 2.05) is 18.2 Å². The number of carbonyl (C=O) groups is 1. The summed E-state index contributed by atoms with van der Waals surface area (Å²) in [4.78, 5) is 17.7. The normalized spacial score (nSPS) is 19.1. The molecule has 2 aromatic carbocycles. The third kappa shape index (κ3) is 5.50. The van der Waals surface area contributed by atoms with E-state index in [0.717, 1.165) is 12.1 Å². The number of carbonyl (C=O) groups excluding carboxylic acids is 1. The Labute approximate surface area is 202 Å². The van der Waals surface area contributed by atoms with Gasteiger partial charge in [0.2, 0.25) is 5.91 Å². The molecule has 2 heterocycles. The molecular formula is C25H28ClF3N2O3. The van der Waals surface area contributed by atoms with Gasteiger partial charge in [-0.1, -0.05) is 41.9 Å². The zero-order chi connectivity index (χ0) is 24.2. The lowest BCUT2D eigenvalue weighted by molar-refractivity contribution is -0.144. The van der Waals surface area contributed by atoms with Gasteiger partial charge >= 0.3 is 6.18 Å². The molecule has 0 aliphatic carbocycles. The summed E-state index contributed by atoms with van der Waals surface area (Å²) in [6.45, 7) is 4.25. The molecule has 2 saturated heterocycles. The van der Waals surface area contributed by atoms with Crippen LogP contribution >= 0.6 is 11.6 Å². The highest BCUT2D eigenvalue weighted by atomic mass is 35.5. The zero-order valence-corrected chi connectivity index (χ0v) is 19.6. The molecule has 2 aromatic rings. The van der Waals surface area contributed by atoms with Crippen LogP contribution in [0.25, 0.3) is 0 Å². The Morgan fingerprint density at radius 3 is 2.41 bits per heavy atom. The summed E-state index contributed by atoms with van der Waals surface area (Å²) in [5.74, 6) is 0.530. The second kappa shape index (κ2) is 10.5. The Kier molecular flexibility index (Phi) is 7.70. The highest BCUT2D eigenvalue weighted by Crippen LogP contribution is 2.39. The van der Waals surface area contributed by atoms with Crippen LogP contribution in [0.2, 0.25) is 5.02 Å². The first-order valence-corrected chi connectivity index (χ1v) is 11.8. The maximum atomic E-state index is 13.7. The van der Waals surface area contributed by atoms with Crippen molar-refractivity contribution >= 4 is 17.5 Å². The van der Waals surface area contributed by atoms with Crippen LogP contribution in [-0.2, 0) is 21.1 Å². The van der Waals surface area contributed by atoms with Crippen molar-refractivity contribution in [2.45, 2.75) is 24.4 Å². The fourth-order valence-electron chi connectivity index (χ4n) is 4.66. The largest absolute Gasteiger partial charge is 0.491 e. The van der Waals surface area contributed by atoms with Crippen molar-refractivity contribution in [3.63, 3.8) is 0 Å². The summed E-state index contributed by atoms with van der Waals surface area (Å²) in [5.41, 5.74) is -1.30. The van der Waals surface area contributed by atoms with Crippen LogP contribution in [0.1, 0.15) is 24.0 Å². The molecule has 0 bridgehead atoms. The molecule has 0 saturated carbocycles. The molecule has 0 N–H and O–H groups in total. The Balaban J connectivity index is 1.39. The molecule has 0 unspecified atom stereocenters. The topological polar surface area (TPSA) is 42.0 Å². The Hall–Kier alpha value is -2.29. The second-order valence-corrected chi connectivity index (χ2v) is 9.09. The van der Waals surface area contributed by atoms with Gasteiger partial charge in [0.05, 0.1) is 16.0 Å². The van der Waals surface area contributed by atoms with E-state index in [0.29, 0.717) is 81.7 Å². The fraction of sp³-hybridized carbons (Fsp3) is 0.480. The molecule has 2 fully saturated rings. The van der Waals surface area contributed by atoms with E-state index in [4.69, 9.17) is 21.1 Å². The Morgan fingerprint density at radius 1 is 1.03 bits per heavy atom. The minimum Gasteiger partial charge on any atom is -0.491 e. The van der Waals surface area contributed by atoms with Crippen molar-refractivity contribution < 1.29 is 27.4 Å². The van der Waals surface area contributed by atoms with Crippen LogP contribution in [0.5, 0.6) is 5.75 Å². The van der Waals surface area contributed by atoms with E-state index < -0.39 is 17.2 Å². The molecule has 2 aliphatic rings. The van der Waals surface area contributed by atoms with Crippen LogP contribution < -0.4 is 4.74 Å². The van der Waals surface area contributed by atoms with Crippen LogP contribution in [0, 0.1) is 0 Å². The van der Waals surface area contributed by atoms with Gasteiger partial charge in [-0.15, -0.1) is 0 Å². The van der Waals surface area contributed by atoms with Gasteiger partial charge in [-0.2, -0.15) is 13.2 Å². The first kappa shape index (κ1) is 24.8. The number of amides is 1. The Morgan fingerprint density at radius 2 is 1.74 bits per heavy atom. The van der Waals surface area contributed by atoms with Gasteiger partial charge in [-0.25, -0.2) is 0 Å². The average Bonchev–Trinajstić information content (AvgIpc) is 2.85. The summed E-state index contributed by atoms with van der Waals surface area (Å²) < 4.78 is 51.3. The molecule has 34 heavy (non-hydrogen) atoms. The van der Waals surface area contributed by atoms with Crippen LogP contribution in [0.15, 0.2) is 48.5 Å². The number of benzene rings is 2. The van der Waals surface area contributed by atoms with Gasteiger partial charge in [0.15, 0.2) is 0 Å². The molecular weight excluding hydrogens is 469 g/mol. The number of halogens is 4. The Bertz CT molecular complexity index is 987. The van der Waals surface area contributed by atoms with E-state index >= 15 is 0 Å². The van der Waals surface area contributed by atoms with Gasteiger partial charge in [0.1, 0.15) is 12.4 Å². The molecule has 1 amide bonds. The summed E-state index contributed by atoms with van der Waals surface area (Å²) in [6, 6.07) is 12.5. The van der Waals surface area contributed by atoms with Crippen molar-refractivity contribution in [3.8, 4) is 5.75 Å². The third-order valence-electron chi connectivity index (χ3n) is 6.66. The van der Waals surface area contributed by atoms with Gasteiger partial charge in [0.25, 0.3) is 0 Å². The molecule has 0 atom stereocenters. The van der Waals surface area contributed by atoms with Crippen molar-refractivity contribution in [2.24, 2.45) is 0 Å². The van der Waals surface area contributed by atoms with Crippen molar-refractivity contribution in [3.05, 3.63) is 64.7 Å². The number of hydrogen-bond donors (Lipinski definition) is 0. The second-order valence-electron chi connectivity index (χ2n) is 8.69.